The monoisotopic (exact) mass is 279 g/mol. The number of aliphatic carboxylic acids is 1. The van der Waals surface area contributed by atoms with Gasteiger partial charge in [-0.3, -0.25) is 4.79 Å². The van der Waals surface area contributed by atoms with Crippen LogP contribution in [0.5, 0.6) is 0 Å². The highest BCUT2D eigenvalue weighted by Gasteiger charge is 2.37. The number of hydrogen-bond acceptors (Lipinski definition) is 4. The lowest BCUT2D eigenvalue weighted by atomic mass is 10.1. The highest BCUT2D eigenvalue weighted by atomic mass is 16.5. The van der Waals surface area contributed by atoms with Gasteiger partial charge in [0.1, 0.15) is 6.61 Å². The second-order valence-corrected chi connectivity index (χ2v) is 4.89. The summed E-state index contributed by atoms with van der Waals surface area (Å²) < 4.78 is 5.03. The van der Waals surface area contributed by atoms with E-state index in [1.54, 1.807) is 0 Å². The van der Waals surface area contributed by atoms with Gasteiger partial charge in [0.05, 0.1) is 18.1 Å². The number of carboxylic acid groups (broad SMARTS) is 1. The van der Waals surface area contributed by atoms with Crippen molar-refractivity contribution in [1.82, 2.24) is 5.32 Å². The minimum atomic E-state index is -0.953. The topological polar surface area (TPSA) is 95.9 Å². The first-order valence-electron chi connectivity index (χ1n) is 6.44. The molecule has 0 bridgehead atoms. The van der Waals surface area contributed by atoms with Crippen LogP contribution in [-0.2, 0) is 16.1 Å². The molecule has 0 spiro atoms. The van der Waals surface area contributed by atoms with E-state index in [0.29, 0.717) is 0 Å². The normalized spacial score (nSPS) is 25.1. The van der Waals surface area contributed by atoms with Crippen molar-refractivity contribution in [2.24, 2.45) is 5.92 Å². The van der Waals surface area contributed by atoms with Crippen molar-refractivity contribution in [1.29, 1.82) is 0 Å². The largest absolute Gasteiger partial charge is 0.481 e. The maximum Gasteiger partial charge on any atom is 0.407 e. The zero-order valence-corrected chi connectivity index (χ0v) is 10.9. The van der Waals surface area contributed by atoms with Gasteiger partial charge in [0.25, 0.3) is 0 Å². The van der Waals surface area contributed by atoms with E-state index < -0.39 is 30.1 Å². The number of carbonyl (C=O) groups is 2. The third-order valence-electron chi connectivity index (χ3n) is 3.39. The van der Waals surface area contributed by atoms with E-state index in [4.69, 9.17) is 9.84 Å². The maximum atomic E-state index is 11.6. The van der Waals surface area contributed by atoms with Crippen LogP contribution in [0.3, 0.4) is 0 Å². The zero-order chi connectivity index (χ0) is 14.5. The van der Waals surface area contributed by atoms with Crippen molar-refractivity contribution < 1.29 is 24.5 Å². The third-order valence-corrected chi connectivity index (χ3v) is 3.39. The molecule has 20 heavy (non-hydrogen) atoms. The van der Waals surface area contributed by atoms with E-state index in [2.05, 4.69) is 5.32 Å². The predicted octanol–water partition coefficient (Wildman–Crippen LogP) is 1.14. The van der Waals surface area contributed by atoms with Crippen LogP contribution >= 0.6 is 0 Å². The Morgan fingerprint density at radius 3 is 2.55 bits per heavy atom. The molecule has 1 aliphatic rings. The summed E-state index contributed by atoms with van der Waals surface area (Å²) >= 11 is 0. The van der Waals surface area contributed by atoms with E-state index in [-0.39, 0.29) is 19.4 Å². The summed E-state index contributed by atoms with van der Waals surface area (Å²) in [5.41, 5.74) is 0.859. The number of benzene rings is 1. The number of carbonyl (C=O) groups excluding carboxylic acids is 1. The molecule has 0 aliphatic heterocycles. The van der Waals surface area contributed by atoms with Crippen LogP contribution in [0.1, 0.15) is 18.4 Å². The molecule has 3 N–H and O–H groups in total. The molecule has 0 heterocycles. The summed E-state index contributed by atoms with van der Waals surface area (Å²) in [6.45, 7) is 0.137. The smallest absolute Gasteiger partial charge is 0.407 e. The van der Waals surface area contributed by atoms with Crippen molar-refractivity contribution in [3.05, 3.63) is 35.9 Å². The van der Waals surface area contributed by atoms with Gasteiger partial charge in [-0.1, -0.05) is 30.3 Å². The van der Waals surface area contributed by atoms with Gasteiger partial charge in [-0.15, -0.1) is 0 Å². The van der Waals surface area contributed by atoms with E-state index in [1.807, 2.05) is 30.3 Å². The van der Waals surface area contributed by atoms with Crippen LogP contribution in [0, 0.1) is 5.92 Å². The molecule has 2 rings (SSSR count). The SMILES string of the molecule is O=C(N[C@@H]1C[C@H](C(=O)O)C[C@H]1O)OCc1ccccc1. The average molecular weight is 279 g/mol. The summed E-state index contributed by atoms with van der Waals surface area (Å²) in [5, 5.41) is 21.1. The number of aliphatic hydroxyl groups is 1. The van der Waals surface area contributed by atoms with Gasteiger partial charge in [0.2, 0.25) is 0 Å². The molecule has 1 amide bonds. The Kier molecular flexibility index (Phi) is 4.57. The molecule has 1 fully saturated rings. The zero-order valence-electron chi connectivity index (χ0n) is 10.9. The minimum absolute atomic E-state index is 0.137. The first kappa shape index (κ1) is 14.3. The van der Waals surface area contributed by atoms with Crippen LogP contribution in [0.15, 0.2) is 30.3 Å². The Morgan fingerprint density at radius 1 is 1.25 bits per heavy atom. The summed E-state index contributed by atoms with van der Waals surface area (Å²) in [6, 6.07) is 8.64. The Labute approximate surface area is 116 Å². The Balaban J connectivity index is 1.79. The highest BCUT2D eigenvalue weighted by Crippen LogP contribution is 2.26. The van der Waals surface area contributed by atoms with Gasteiger partial charge < -0.3 is 20.3 Å². The number of nitrogens with one attached hydrogen (secondary N) is 1. The van der Waals surface area contributed by atoms with E-state index in [0.717, 1.165) is 5.56 Å². The lowest BCUT2D eigenvalue weighted by Crippen LogP contribution is -2.40. The number of ether oxygens (including phenoxy) is 1. The van der Waals surface area contributed by atoms with Crippen molar-refractivity contribution >= 4 is 12.1 Å². The third kappa shape index (κ3) is 3.71. The van der Waals surface area contributed by atoms with Gasteiger partial charge >= 0.3 is 12.1 Å². The molecule has 0 aromatic heterocycles. The first-order valence-corrected chi connectivity index (χ1v) is 6.44. The minimum Gasteiger partial charge on any atom is -0.481 e. The number of hydrogen-bond donors (Lipinski definition) is 3. The van der Waals surface area contributed by atoms with Crippen molar-refractivity contribution in [2.45, 2.75) is 31.6 Å². The Bertz CT molecular complexity index is 476. The Hall–Kier alpha value is -2.08. The number of aliphatic hydroxyl groups excluding tert-OH is 1. The van der Waals surface area contributed by atoms with Gasteiger partial charge in [-0.25, -0.2) is 4.79 Å². The van der Waals surface area contributed by atoms with E-state index in [9.17, 15) is 14.7 Å². The van der Waals surface area contributed by atoms with Crippen LogP contribution in [-0.4, -0.2) is 34.4 Å². The fourth-order valence-electron chi connectivity index (χ4n) is 2.29. The quantitative estimate of drug-likeness (QED) is 0.768. The summed E-state index contributed by atoms with van der Waals surface area (Å²) in [5.74, 6) is -1.57. The molecule has 1 aromatic rings. The lowest BCUT2D eigenvalue weighted by molar-refractivity contribution is -0.141. The molecule has 1 saturated carbocycles. The van der Waals surface area contributed by atoms with Crippen LogP contribution in [0.2, 0.25) is 0 Å². The molecule has 0 radical (unpaired) electrons. The highest BCUT2D eigenvalue weighted by molar-refractivity contribution is 5.71. The second kappa shape index (κ2) is 6.38. The van der Waals surface area contributed by atoms with Crippen LogP contribution < -0.4 is 5.32 Å². The summed E-state index contributed by atoms with van der Waals surface area (Å²) in [4.78, 5) is 22.4. The van der Waals surface area contributed by atoms with Crippen LogP contribution in [0.25, 0.3) is 0 Å². The summed E-state index contributed by atoms with van der Waals surface area (Å²) in [6.07, 6.45) is -1.13. The van der Waals surface area contributed by atoms with Crippen molar-refractivity contribution in [2.75, 3.05) is 0 Å². The molecule has 6 nitrogen and oxygen atoms in total. The van der Waals surface area contributed by atoms with E-state index in [1.165, 1.54) is 0 Å². The van der Waals surface area contributed by atoms with Gasteiger partial charge in [0.15, 0.2) is 0 Å². The van der Waals surface area contributed by atoms with Crippen molar-refractivity contribution in [3.8, 4) is 0 Å². The lowest BCUT2D eigenvalue weighted by Gasteiger charge is -2.16. The number of amides is 1. The first-order chi connectivity index (χ1) is 9.56. The molecule has 0 saturated heterocycles. The van der Waals surface area contributed by atoms with Gasteiger partial charge in [-0.05, 0) is 18.4 Å². The molecule has 1 aromatic carbocycles. The molecule has 3 atom stereocenters. The second-order valence-electron chi connectivity index (χ2n) is 4.89. The maximum absolute atomic E-state index is 11.6. The predicted molar refractivity (Wildman–Crippen MR) is 69.9 cm³/mol. The fourth-order valence-corrected chi connectivity index (χ4v) is 2.29. The molecular formula is C14H17NO5. The molecule has 108 valence electrons. The average Bonchev–Trinajstić information content (AvgIpc) is 2.79. The standard InChI is InChI=1S/C14H17NO5/c16-12-7-10(13(17)18)6-11(12)15-14(19)20-8-9-4-2-1-3-5-9/h1-5,10-12,16H,6-8H2,(H,15,19)(H,17,18)/t10-,11+,12+/m0/s1. The van der Waals surface area contributed by atoms with Crippen molar-refractivity contribution in [3.63, 3.8) is 0 Å². The van der Waals surface area contributed by atoms with E-state index >= 15 is 0 Å². The number of rotatable bonds is 4. The molecule has 0 unspecified atom stereocenters. The molecule has 1 aliphatic carbocycles. The van der Waals surface area contributed by atoms with Gasteiger partial charge in [-0.2, -0.15) is 0 Å². The fraction of sp³-hybridized carbons (Fsp3) is 0.429. The molecular weight excluding hydrogens is 262 g/mol. The summed E-state index contributed by atoms with van der Waals surface area (Å²) in [7, 11) is 0. The number of alkyl carbamates (subject to hydrolysis) is 1. The molecule has 6 heteroatoms. The number of carboxylic acids is 1. The van der Waals surface area contributed by atoms with Crippen LogP contribution in [0.4, 0.5) is 4.79 Å². The van der Waals surface area contributed by atoms with Gasteiger partial charge in [0, 0.05) is 0 Å². The Morgan fingerprint density at radius 2 is 1.95 bits per heavy atom.